The lowest BCUT2D eigenvalue weighted by molar-refractivity contribution is 0.0934. The third kappa shape index (κ3) is 4.40. The topological polar surface area (TPSA) is 41.6 Å². The normalized spacial score (nSPS) is 15.7. The van der Waals surface area contributed by atoms with E-state index < -0.39 is 0 Å². The van der Waals surface area contributed by atoms with E-state index in [1.165, 1.54) is 18.4 Å². The van der Waals surface area contributed by atoms with E-state index in [9.17, 15) is 4.79 Å². The van der Waals surface area contributed by atoms with Crippen molar-refractivity contribution in [3.8, 4) is 5.75 Å². The molecule has 4 heteroatoms. The molecule has 0 aromatic heterocycles. The number of nitrogens with one attached hydrogen (secondary N) is 1. The maximum Gasteiger partial charge on any atom is 0.255 e. The highest BCUT2D eigenvalue weighted by Crippen LogP contribution is 2.25. The number of para-hydroxylation sites is 1. The minimum absolute atomic E-state index is 0.0795. The first kappa shape index (κ1) is 17.5. The van der Waals surface area contributed by atoms with E-state index in [-0.39, 0.29) is 11.9 Å². The zero-order valence-electron chi connectivity index (χ0n) is 14.8. The molecular formula is C21H26N2O2. The summed E-state index contributed by atoms with van der Waals surface area (Å²) in [6.07, 6.45) is 2.45. The lowest BCUT2D eigenvalue weighted by Gasteiger charge is -2.28. The molecule has 0 spiro atoms. The van der Waals surface area contributed by atoms with Gasteiger partial charge in [-0.3, -0.25) is 9.69 Å². The summed E-state index contributed by atoms with van der Waals surface area (Å²) in [5.41, 5.74) is 1.85. The molecule has 1 unspecified atom stereocenters. The molecule has 1 aliphatic heterocycles. The predicted octanol–water partition coefficient (Wildman–Crippen LogP) is 3.65. The third-order valence-electron chi connectivity index (χ3n) is 4.65. The van der Waals surface area contributed by atoms with Crippen molar-refractivity contribution in [1.29, 1.82) is 0 Å². The van der Waals surface area contributed by atoms with E-state index in [1.807, 2.05) is 37.3 Å². The number of ether oxygens (including phenoxy) is 1. The second-order valence-electron chi connectivity index (χ2n) is 6.31. The number of carbonyl (C=O) groups is 1. The highest BCUT2D eigenvalue weighted by atomic mass is 16.5. The SMILES string of the molecule is CCOc1ccccc1C(=O)NCC(c1ccccc1)N1CCCC1. The number of benzene rings is 2. The third-order valence-corrected chi connectivity index (χ3v) is 4.65. The van der Waals surface area contributed by atoms with Gasteiger partial charge < -0.3 is 10.1 Å². The second-order valence-corrected chi connectivity index (χ2v) is 6.31. The molecule has 1 aliphatic rings. The molecule has 0 bridgehead atoms. The van der Waals surface area contributed by atoms with Crippen molar-refractivity contribution in [3.63, 3.8) is 0 Å². The van der Waals surface area contributed by atoms with Crippen molar-refractivity contribution in [2.45, 2.75) is 25.8 Å². The van der Waals surface area contributed by atoms with Gasteiger partial charge in [-0.05, 0) is 50.6 Å². The Morgan fingerprint density at radius 3 is 2.48 bits per heavy atom. The molecule has 1 N–H and O–H groups in total. The molecule has 1 atom stereocenters. The molecule has 1 saturated heterocycles. The van der Waals surface area contributed by atoms with E-state index in [4.69, 9.17) is 4.74 Å². The maximum absolute atomic E-state index is 12.7. The number of carbonyl (C=O) groups excluding carboxylic acids is 1. The van der Waals surface area contributed by atoms with Crippen LogP contribution in [0.4, 0.5) is 0 Å². The zero-order valence-corrected chi connectivity index (χ0v) is 14.8. The molecule has 1 amide bonds. The zero-order chi connectivity index (χ0) is 17.5. The Kier molecular flexibility index (Phi) is 6.07. The van der Waals surface area contributed by atoms with E-state index in [0.717, 1.165) is 13.1 Å². The fourth-order valence-electron chi connectivity index (χ4n) is 3.41. The summed E-state index contributed by atoms with van der Waals surface area (Å²) in [6, 6.07) is 18.1. The predicted molar refractivity (Wildman–Crippen MR) is 99.9 cm³/mol. The van der Waals surface area contributed by atoms with Gasteiger partial charge in [-0.1, -0.05) is 42.5 Å². The summed E-state index contributed by atoms with van der Waals surface area (Å²) < 4.78 is 5.58. The van der Waals surface area contributed by atoms with Gasteiger partial charge in [-0.25, -0.2) is 0 Å². The Labute approximate surface area is 149 Å². The van der Waals surface area contributed by atoms with Crippen molar-refractivity contribution in [2.24, 2.45) is 0 Å². The van der Waals surface area contributed by atoms with E-state index in [0.29, 0.717) is 24.5 Å². The van der Waals surface area contributed by atoms with Crippen molar-refractivity contribution in [2.75, 3.05) is 26.2 Å². The number of hydrogen-bond acceptors (Lipinski definition) is 3. The molecule has 2 aromatic rings. The molecular weight excluding hydrogens is 312 g/mol. The van der Waals surface area contributed by atoms with E-state index in [2.05, 4.69) is 34.5 Å². The van der Waals surface area contributed by atoms with Crippen molar-refractivity contribution in [3.05, 3.63) is 65.7 Å². The first-order valence-corrected chi connectivity index (χ1v) is 9.08. The van der Waals surface area contributed by atoms with Crippen LogP contribution in [-0.4, -0.2) is 37.0 Å². The van der Waals surface area contributed by atoms with Gasteiger partial charge in [0.25, 0.3) is 5.91 Å². The highest BCUT2D eigenvalue weighted by molar-refractivity contribution is 5.96. The largest absolute Gasteiger partial charge is 0.493 e. The van der Waals surface area contributed by atoms with Crippen LogP contribution in [0.15, 0.2) is 54.6 Å². The number of likely N-dealkylation sites (tertiary alicyclic amines) is 1. The second kappa shape index (κ2) is 8.67. The van der Waals surface area contributed by atoms with Crippen molar-refractivity contribution in [1.82, 2.24) is 10.2 Å². The first-order chi connectivity index (χ1) is 12.3. The van der Waals surface area contributed by atoms with Gasteiger partial charge in [0.2, 0.25) is 0 Å². The summed E-state index contributed by atoms with van der Waals surface area (Å²) in [5.74, 6) is 0.559. The minimum atomic E-state index is -0.0795. The fourth-order valence-corrected chi connectivity index (χ4v) is 3.41. The van der Waals surface area contributed by atoms with Crippen LogP contribution in [0.3, 0.4) is 0 Å². The van der Waals surface area contributed by atoms with Gasteiger partial charge in [-0.15, -0.1) is 0 Å². The van der Waals surface area contributed by atoms with Crippen LogP contribution in [0, 0.1) is 0 Å². The van der Waals surface area contributed by atoms with Gasteiger partial charge in [0, 0.05) is 6.54 Å². The molecule has 25 heavy (non-hydrogen) atoms. The summed E-state index contributed by atoms with van der Waals surface area (Å²) in [6.45, 7) is 5.25. The van der Waals surface area contributed by atoms with Crippen LogP contribution in [0.2, 0.25) is 0 Å². The molecule has 1 fully saturated rings. The molecule has 0 radical (unpaired) electrons. The quantitative estimate of drug-likeness (QED) is 0.838. The van der Waals surface area contributed by atoms with Crippen LogP contribution in [0.25, 0.3) is 0 Å². The van der Waals surface area contributed by atoms with Gasteiger partial charge in [-0.2, -0.15) is 0 Å². The number of hydrogen-bond donors (Lipinski definition) is 1. The van der Waals surface area contributed by atoms with Crippen LogP contribution in [-0.2, 0) is 0 Å². The monoisotopic (exact) mass is 338 g/mol. The summed E-state index contributed by atoms with van der Waals surface area (Å²) in [4.78, 5) is 15.1. The minimum Gasteiger partial charge on any atom is -0.493 e. The maximum atomic E-state index is 12.7. The Balaban J connectivity index is 1.72. The summed E-state index contributed by atoms with van der Waals surface area (Å²) >= 11 is 0. The van der Waals surface area contributed by atoms with Crippen LogP contribution in [0.1, 0.15) is 41.7 Å². The van der Waals surface area contributed by atoms with Gasteiger partial charge in [0.05, 0.1) is 18.2 Å². The summed E-state index contributed by atoms with van der Waals surface area (Å²) in [7, 11) is 0. The summed E-state index contributed by atoms with van der Waals surface area (Å²) in [5, 5.41) is 3.11. The molecule has 2 aromatic carbocycles. The van der Waals surface area contributed by atoms with E-state index in [1.54, 1.807) is 0 Å². The lowest BCUT2D eigenvalue weighted by Crippen LogP contribution is -2.36. The Hall–Kier alpha value is -2.33. The fraction of sp³-hybridized carbons (Fsp3) is 0.381. The Bertz CT molecular complexity index is 681. The van der Waals surface area contributed by atoms with Gasteiger partial charge in [0.1, 0.15) is 5.75 Å². The van der Waals surface area contributed by atoms with Crippen LogP contribution < -0.4 is 10.1 Å². The number of amides is 1. The van der Waals surface area contributed by atoms with Crippen molar-refractivity contribution >= 4 is 5.91 Å². The van der Waals surface area contributed by atoms with Crippen LogP contribution in [0.5, 0.6) is 5.75 Å². The van der Waals surface area contributed by atoms with Gasteiger partial charge >= 0.3 is 0 Å². The Morgan fingerprint density at radius 1 is 1.08 bits per heavy atom. The number of nitrogens with zero attached hydrogens (tertiary/aromatic N) is 1. The number of rotatable bonds is 7. The highest BCUT2D eigenvalue weighted by Gasteiger charge is 2.24. The molecule has 1 heterocycles. The Morgan fingerprint density at radius 2 is 1.76 bits per heavy atom. The first-order valence-electron chi connectivity index (χ1n) is 9.08. The molecule has 4 nitrogen and oxygen atoms in total. The molecule has 132 valence electrons. The smallest absolute Gasteiger partial charge is 0.255 e. The van der Waals surface area contributed by atoms with Crippen molar-refractivity contribution < 1.29 is 9.53 Å². The lowest BCUT2D eigenvalue weighted by atomic mass is 10.1. The van der Waals surface area contributed by atoms with E-state index >= 15 is 0 Å². The average Bonchev–Trinajstić information content (AvgIpc) is 3.18. The molecule has 0 aliphatic carbocycles. The standard InChI is InChI=1S/C21H26N2O2/c1-2-25-20-13-7-6-12-18(20)21(24)22-16-19(23-14-8-9-15-23)17-10-4-3-5-11-17/h3-7,10-13,19H,2,8-9,14-16H2,1H3,(H,22,24). The molecule has 3 rings (SSSR count). The van der Waals surface area contributed by atoms with Crippen LogP contribution >= 0.6 is 0 Å². The average molecular weight is 338 g/mol. The molecule has 0 saturated carbocycles. The van der Waals surface area contributed by atoms with Gasteiger partial charge in [0.15, 0.2) is 0 Å².